The SMILES string of the molecule is CN(C)C(=O)Oc1ccc(-c2nc(CCC=O)cs2)cc1.CN(C)C(=O)c1ccc(-c2nc(CCC=O)cs2)cc1.CNC(=O)Oc1ccc(-c2nc(CCC=O)cs2)cc1.CNC(=O)c1ccc(-c2nc(CCC=O)cs2)cc1.COOSc1ccc(-c2nc(CCC=O)cs2)cc1.NC(=O)c1ccc(-c2nc(CCC=O)cs2)cc1.O=CCCc1csc(-c2ccc(O)cc2)n1. The van der Waals surface area contributed by atoms with E-state index in [1.165, 1.54) is 53.1 Å². The first-order valence-electron chi connectivity index (χ1n) is 41.0. The average Bonchev–Trinajstić information content (AvgIpc) is 1.80. The summed E-state index contributed by atoms with van der Waals surface area (Å²) in [5.41, 5.74) is 20.4. The molecule has 0 fully saturated rings. The van der Waals surface area contributed by atoms with Gasteiger partial charge in [-0.2, -0.15) is 4.33 Å². The fourth-order valence-electron chi connectivity index (χ4n) is 11.0. The Morgan fingerprint density at radius 3 is 0.857 bits per heavy atom. The highest BCUT2D eigenvalue weighted by atomic mass is 32.2. The maximum atomic E-state index is 11.8. The Labute approximate surface area is 801 Å². The molecule has 0 aliphatic heterocycles. The predicted molar refractivity (Wildman–Crippen MR) is 524 cm³/mol. The van der Waals surface area contributed by atoms with Crippen molar-refractivity contribution in [2.24, 2.45) is 5.73 Å². The lowest BCUT2D eigenvalue weighted by Crippen LogP contribution is -2.25. The molecule has 14 aromatic rings. The summed E-state index contributed by atoms with van der Waals surface area (Å²) in [5, 5.41) is 34.2. The third-order valence-corrected chi connectivity index (χ3v) is 25.2. The van der Waals surface area contributed by atoms with E-state index in [1.807, 2.05) is 147 Å². The van der Waals surface area contributed by atoms with Crippen molar-refractivity contribution in [2.45, 2.75) is 94.8 Å². The number of carbonyl (C=O) groups is 12. The van der Waals surface area contributed by atoms with Gasteiger partial charge in [0.25, 0.3) is 11.8 Å². The number of phenolic OH excluding ortho intramolecular Hbond substituents is 1. The Morgan fingerprint density at radius 1 is 0.353 bits per heavy atom. The minimum atomic E-state index is -0.497. The molecule has 14 rings (SSSR count). The van der Waals surface area contributed by atoms with E-state index >= 15 is 0 Å². The zero-order chi connectivity index (χ0) is 95.7. The maximum Gasteiger partial charge on any atom is 0.414 e. The van der Waals surface area contributed by atoms with Crippen molar-refractivity contribution in [2.75, 3.05) is 49.4 Å². The molecule has 0 atom stereocenters. The Morgan fingerprint density at radius 2 is 0.609 bits per heavy atom. The summed E-state index contributed by atoms with van der Waals surface area (Å²) < 4.78 is 14.9. The van der Waals surface area contributed by atoms with Crippen LogP contribution < -0.4 is 25.8 Å². The molecule has 0 aliphatic carbocycles. The third-order valence-electron chi connectivity index (χ3n) is 17.9. The molecule has 5 amide bonds. The second-order valence-electron chi connectivity index (χ2n) is 28.2. The normalized spacial score (nSPS) is 10.2. The number of hydrogen-bond acceptors (Lipinski definition) is 32. The first kappa shape index (κ1) is 105. The summed E-state index contributed by atoms with van der Waals surface area (Å²) in [5.74, 6) is 0.676. The Balaban J connectivity index is 0.000000191. The number of aromatic nitrogens is 7. The lowest BCUT2D eigenvalue weighted by molar-refractivity contribution is -0.160. The smallest absolute Gasteiger partial charge is 0.414 e. The first-order valence-corrected chi connectivity index (χ1v) is 47.9. The van der Waals surface area contributed by atoms with E-state index in [2.05, 4.69) is 50.4 Å². The van der Waals surface area contributed by atoms with Gasteiger partial charge < -0.3 is 74.3 Å². The van der Waals surface area contributed by atoms with Crippen LogP contribution in [0.1, 0.15) is 116 Å². The molecule has 0 bridgehead atoms. The average molecular weight is 1950 g/mol. The number of thiazole rings is 7. The summed E-state index contributed by atoms with van der Waals surface area (Å²) in [7, 11) is 11.3. The summed E-state index contributed by atoms with van der Waals surface area (Å²) in [4.78, 5) is 169. The maximum absolute atomic E-state index is 11.8. The number of ether oxygens (including phenoxy) is 2. The number of nitrogens with one attached hydrogen (secondary N) is 2. The number of aromatic hydroxyl groups is 1. The molecule has 0 saturated heterocycles. The van der Waals surface area contributed by atoms with Gasteiger partial charge in [0.15, 0.2) is 0 Å². The molecule has 7 heterocycles. The van der Waals surface area contributed by atoms with Crippen LogP contribution in [0.5, 0.6) is 17.2 Å². The molecule has 7 aromatic carbocycles. The number of rotatable bonds is 36. The second kappa shape index (κ2) is 57.7. The number of hydrogen-bond donors (Lipinski definition) is 4. The van der Waals surface area contributed by atoms with Gasteiger partial charge in [-0.05, 0) is 166 Å². The Kier molecular flexibility index (Phi) is 45.6. The van der Waals surface area contributed by atoms with Gasteiger partial charge in [-0.1, -0.05) is 48.5 Å². The van der Waals surface area contributed by atoms with Crippen LogP contribution in [0.3, 0.4) is 0 Å². The zero-order valence-corrected chi connectivity index (χ0v) is 80.0. The zero-order valence-electron chi connectivity index (χ0n) is 73.5. The highest BCUT2D eigenvalue weighted by molar-refractivity contribution is 7.94. The topological polar surface area (TPSA) is 409 Å². The Hall–Kier alpha value is -13.3. The van der Waals surface area contributed by atoms with Crippen molar-refractivity contribution in [3.63, 3.8) is 0 Å². The van der Waals surface area contributed by atoms with Crippen LogP contribution in [0.2, 0.25) is 0 Å². The van der Waals surface area contributed by atoms with E-state index in [9.17, 15) is 57.5 Å². The minimum Gasteiger partial charge on any atom is -0.508 e. The number of benzene rings is 7. The highest BCUT2D eigenvalue weighted by Crippen LogP contribution is 2.33. The molecule has 0 aliphatic rings. The van der Waals surface area contributed by atoms with E-state index in [1.54, 1.807) is 146 Å². The lowest BCUT2D eigenvalue weighted by Gasteiger charge is -2.10. The van der Waals surface area contributed by atoms with Crippen LogP contribution in [-0.4, -0.2) is 173 Å². The van der Waals surface area contributed by atoms with Crippen molar-refractivity contribution in [3.8, 4) is 91.2 Å². The quantitative estimate of drug-likeness (QED) is 0.0123. The van der Waals surface area contributed by atoms with Crippen LogP contribution in [0.25, 0.3) is 74.0 Å². The number of nitrogens with zero attached hydrogens (tertiary/aromatic N) is 9. The van der Waals surface area contributed by atoms with E-state index in [-0.39, 0.29) is 17.6 Å². The molecular weight excluding hydrogens is 1850 g/mol. The monoisotopic (exact) mass is 1940 g/mol. The van der Waals surface area contributed by atoms with Crippen LogP contribution in [-0.2, 0) is 87.7 Å². The highest BCUT2D eigenvalue weighted by Gasteiger charge is 2.16. The molecule has 690 valence electrons. The summed E-state index contributed by atoms with van der Waals surface area (Å²) in [6, 6.07) is 50.9. The molecule has 133 heavy (non-hydrogen) atoms. The second-order valence-corrected chi connectivity index (χ2v) is 34.9. The van der Waals surface area contributed by atoms with Crippen molar-refractivity contribution in [3.05, 3.63) is 264 Å². The number of nitrogens with two attached hydrogens (primary N) is 1. The molecule has 0 radical (unpaired) electrons. The van der Waals surface area contributed by atoms with Crippen LogP contribution in [0.4, 0.5) is 9.59 Å². The summed E-state index contributed by atoms with van der Waals surface area (Å²) in [6.07, 6.45) is 13.6. The molecule has 7 aromatic heterocycles. The molecule has 37 heteroatoms. The number of carbonyl (C=O) groups excluding carboxylic acids is 12. The van der Waals surface area contributed by atoms with Gasteiger partial charge in [0, 0.05) is 185 Å². The minimum absolute atomic E-state index is 0.0117. The number of amides is 5. The van der Waals surface area contributed by atoms with E-state index < -0.39 is 18.1 Å². The van der Waals surface area contributed by atoms with E-state index in [0.717, 1.165) is 175 Å². The number of aryl methyl sites for hydroxylation is 7. The molecule has 0 saturated carbocycles. The van der Waals surface area contributed by atoms with E-state index in [0.29, 0.717) is 118 Å². The van der Waals surface area contributed by atoms with Crippen molar-refractivity contribution < 1.29 is 81.3 Å². The van der Waals surface area contributed by atoms with Gasteiger partial charge in [0.1, 0.15) is 96.3 Å². The van der Waals surface area contributed by atoms with Gasteiger partial charge in [-0.25, -0.2) is 49.4 Å². The Bertz CT molecular complexity index is 6000. The number of aldehydes is 7. The fourth-order valence-corrected chi connectivity index (χ4v) is 17.5. The van der Waals surface area contributed by atoms with Crippen LogP contribution >= 0.6 is 91.4 Å². The first-order chi connectivity index (χ1) is 64.5. The number of phenols is 1. The van der Waals surface area contributed by atoms with Crippen molar-refractivity contribution >= 4 is 165 Å². The van der Waals surface area contributed by atoms with Gasteiger partial charge >= 0.3 is 12.2 Å². The predicted octanol–water partition coefficient (Wildman–Crippen LogP) is 18.8. The van der Waals surface area contributed by atoms with Gasteiger partial charge in [0.2, 0.25) is 5.91 Å². The lowest BCUT2D eigenvalue weighted by atomic mass is 10.1. The van der Waals surface area contributed by atoms with Gasteiger partial charge in [-0.15, -0.1) is 79.4 Å². The number of primary amides is 1. The van der Waals surface area contributed by atoms with Gasteiger partial charge in [-0.3, -0.25) is 14.4 Å². The van der Waals surface area contributed by atoms with Gasteiger partial charge in [0.05, 0.1) is 59.0 Å². The largest absolute Gasteiger partial charge is 0.508 e. The molecule has 5 N–H and O–H groups in total. The summed E-state index contributed by atoms with van der Waals surface area (Å²) >= 11 is 12.0. The standard InChI is InChI=1S/C15H16N2O3S.C15H16N2O2S.C14H14N2O3S.C14H14N2O2S.C13H12N2O2S.C13H13NO3S2.C12H11NO2S/c1-17(2)15(19)20-13-7-5-11(6-8-13)14-16-12(10-21-14)4-3-9-18;1-17(2)15(19)12-7-5-11(6-8-12)14-16-13(10-20-14)4-3-9-18;1-15-14(18)19-12-6-4-10(5-7-12)13-16-11(9-20-13)3-2-8-17;1-15-13(18)10-4-6-11(7-5-10)14-16-12(9-19-14)3-2-8-17;14-12(17)9-3-5-10(6-4-9)13-15-11(8-18-13)2-1-7-16;1-16-17-19-12-6-4-10(5-7-12)13-14-11(9-18-13)3-2-8-15;14-7-1-2-10-8-16-12(13-10)9-3-5-11(15)6-4-9/h5-10H,3-4H2,1-2H3;5-10H,3-4H2,1-2H3;4-9H,2-3H2,1H3,(H,15,18);4-9H,2-3H2,1H3,(H,15,18);3-8H,1-2H2,(H2,14,17);4-9H,2-3H2,1H3;3-8,15H,1-2H2. The molecular formula is C96H96N12O17S8. The summed E-state index contributed by atoms with van der Waals surface area (Å²) in [6.45, 7) is 0. The fraction of sp³-hybridized carbons (Fsp3) is 0.219. The molecule has 0 spiro atoms. The van der Waals surface area contributed by atoms with Crippen molar-refractivity contribution in [1.29, 1.82) is 0 Å². The van der Waals surface area contributed by atoms with Crippen LogP contribution in [0, 0.1) is 0 Å². The molecule has 0 unspecified atom stereocenters. The van der Waals surface area contributed by atoms with E-state index in [4.69, 9.17) is 24.6 Å². The van der Waals surface area contributed by atoms with Crippen molar-refractivity contribution in [1.82, 2.24) is 55.3 Å². The molecule has 29 nitrogen and oxygen atoms in total. The third kappa shape index (κ3) is 36.0. The van der Waals surface area contributed by atoms with Crippen LogP contribution in [0.15, 0.2) is 212 Å².